The summed E-state index contributed by atoms with van der Waals surface area (Å²) in [7, 11) is 0. The lowest BCUT2D eigenvalue weighted by molar-refractivity contribution is 0.103. The molecule has 20 heavy (non-hydrogen) atoms. The summed E-state index contributed by atoms with van der Waals surface area (Å²) in [5.74, 6) is -0.261. The van der Waals surface area contributed by atoms with Crippen LogP contribution in [0.4, 0.5) is 0 Å². The molecule has 0 unspecified atom stereocenters. The summed E-state index contributed by atoms with van der Waals surface area (Å²) in [6.07, 6.45) is 0. The van der Waals surface area contributed by atoms with Gasteiger partial charge in [-0.3, -0.25) is 9.59 Å². The zero-order valence-corrected chi connectivity index (χ0v) is 12.3. The highest BCUT2D eigenvalue weighted by atomic mass is 35.5. The number of ketones is 1. The molecule has 6 heteroatoms. The van der Waals surface area contributed by atoms with Crippen LogP contribution in [0, 0.1) is 0 Å². The van der Waals surface area contributed by atoms with E-state index in [4.69, 9.17) is 23.2 Å². The van der Waals surface area contributed by atoms with Gasteiger partial charge in [0.2, 0.25) is 0 Å². The van der Waals surface area contributed by atoms with Crippen LogP contribution >= 0.6 is 34.5 Å². The number of fused-ring (bicyclic) bond motifs is 1. The number of rotatable bonds is 2. The second-order valence-corrected chi connectivity index (χ2v) is 5.98. The molecule has 0 saturated carbocycles. The van der Waals surface area contributed by atoms with Crippen LogP contribution in [0.5, 0.6) is 0 Å². The van der Waals surface area contributed by atoms with Crippen LogP contribution in [0.3, 0.4) is 0 Å². The zero-order chi connectivity index (χ0) is 14.3. The van der Waals surface area contributed by atoms with Gasteiger partial charge in [0.15, 0.2) is 5.78 Å². The number of hydrogen-bond donors (Lipinski definition) is 1. The molecule has 0 saturated heterocycles. The molecule has 3 aromatic rings. The summed E-state index contributed by atoms with van der Waals surface area (Å²) < 4.78 is 0.726. The van der Waals surface area contributed by atoms with Crippen molar-refractivity contribution in [3.05, 3.63) is 67.2 Å². The van der Waals surface area contributed by atoms with Crippen molar-refractivity contribution in [1.29, 1.82) is 0 Å². The van der Waals surface area contributed by atoms with Crippen LogP contribution in [0.1, 0.15) is 15.9 Å². The zero-order valence-electron chi connectivity index (χ0n) is 9.94. The SMILES string of the molecule is O=C(c1ccc2[nH]c(=O)sc2c1)c1c(Cl)cccc1Cl. The molecule has 0 aliphatic carbocycles. The molecule has 1 heterocycles. The standard InChI is InChI=1S/C14H7Cl2NO2S/c15-8-2-1-3-9(16)12(8)13(18)7-4-5-10-11(6-7)20-14(19)17-10/h1-6H,(H,17,19). The number of nitrogens with one attached hydrogen (secondary N) is 1. The quantitative estimate of drug-likeness (QED) is 0.721. The van der Waals surface area contributed by atoms with E-state index in [1.165, 1.54) is 0 Å². The van der Waals surface area contributed by atoms with Crippen LogP contribution in [0.15, 0.2) is 41.2 Å². The van der Waals surface area contributed by atoms with E-state index in [1.54, 1.807) is 36.4 Å². The maximum Gasteiger partial charge on any atom is 0.305 e. The second-order valence-electron chi connectivity index (χ2n) is 4.15. The van der Waals surface area contributed by atoms with Gasteiger partial charge in [-0.2, -0.15) is 0 Å². The Morgan fingerprint density at radius 2 is 1.80 bits per heavy atom. The van der Waals surface area contributed by atoms with E-state index >= 15 is 0 Å². The summed E-state index contributed by atoms with van der Waals surface area (Å²) in [5.41, 5.74) is 1.43. The molecule has 0 bridgehead atoms. The van der Waals surface area contributed by atoms with E-state index in [0.29, 0.717) is 21.1 Å². The molecule has 0 aliphatic rings. The molecular formula is C14H7Cl2NO2S. The number of benzene rings is 2. The fourth-order valence-corrected chi connectivity index (χ4v) is 3.29. The summed E-state index contributed by atoms with van der Waals surface area (Å²) >= 11 is 13.1. The first-order valence-corrected chi connectivity index (χ1v) is 7.25. The molecule has 0 spiro atoms. The number of carbonyl (C=O) groups is 1. The molecule has 0 fully saturated rings. The van der Waals surface area contributed by atoms with Crippen molar-refractivity contribution in [1.82, 2.24) is 4.98 Å². The Kier molecular flexibility index (Phi) is 3.38. The molecule has 100 valence electrons. The van der Waals surface area contributed by atoms with Gasteiger partial charge in [-0.05, 0) is 30.3 Å². The maximum atomic E-state index is 12.5. The minimum Gasteiger partial charge on any atom is -0.312 e. The molecule has 0 atom stereocenters. The van der Waals surface area contributed by atoms with Gasteiger partial charge in [-0.15, -0.1) is 0 Å². The summed E-state index contributed by atoms with van der Waals surface area (Å²) in [5, 5.41) is 0.620. The fraction of sp³-hybridized carbons (Fsp3) is 0. The Hall–Kier alpha value is -1.62. The maximum absolute atomic E-state index is 12.5. The Bertz CT molecular complexity index is 862. The smallest absolute Gasteiger partial charge is 0.305 e. The van der Waals surface area contributed by atoms with Gasteiger partial charge < -0.3 is 4.98 Å². The van der Waals surface area contributed by atoms with Crippen molar-refractivity contribution in [2.45, 2.75) is 0 Å². The number of aromatic nitrogens is 1. The molecule has 3 nitrogen and oxygen atoms in total. The van der Waals surface area contributed by atoms with Gasteiger partial charge in [0.1, 0.15) is 0 Å². The van der Waals surface area contributed by atoms with Gasteiger partial charge >= 0.3 is 4.87 Å². The summed E-state index contributed by atoms with van der Waals surface area (Å²) in [4.78, 5) is 26.3. The second kappa shape index (κ2) is 5.05. The Morgan fingerprint density at radius 3 is 2.50 bits per heavy atom. The van der Waals surface area contributed by atoms with Crippen LogP contribution in [-0.2, 0) is 0 Å². The van der Waals surface area contributed by atoms with E-state index < -0.39 is 0 Å². The lowest BCUT2D eigenvalue weighted by Crippen LogP contribution is -2.03. The van der Waals surface area contributed by atoms with Crippen LogP contribution in [0.25, 0.3) is 10.2 Å². The molecule has 0 amide bonds. The summed E-state index contributed by atoms with van der Waals surface area (Å²) in [6, 6.07) is 9.93. The monoisotopic (exact) mass is 323 g/mol. The van der Waals surface area contributed by atoms with Gasteiger partial charge in [-0.25, -0.2) is 0 Å². The topological polar surface area (TPSA) is 49.9 Å². The number of thiazole rings is 1. The van der Waals surface area contributed by atoms with Crippen LogP contribution < -0.4 is 4.87 Å². The Labute approximate surface area is 127 Å². The molecule has 1 aromatic heterocycles. The molecule has 0 radical (unpaired) electrons. The third kappa shape index (κ3) is 2.26. The van der Waals surface area contributed by atoms with Crippen LogP contribution in [-0.4, -0.2) is 10.8 Å². The van der Waals surface area contributed by atoms with E-state index in [9.17, 15) is 9.59 Å². The number of carbonyl (C=O) groups excluding carboxylic acids is 1. The number of hydrogen-bond acceptors (Lipinski definition) is 3. The highest BCUT2D eigenvalue weighted by molar-refractivity contribution is 7.16. The highest BCUT2D eigenvalue weighted by Crippen LogP contribution is 2.28. The minimum atomic E-state index is -0.261. The number of H-pyrrole nitrogens is 1. The van der Waals surface area contributed by atoms with Crippen molar-refractivity contribution >= 4 is 50.5 Å². The number of halogens is 2. The molecular weight excluding hydrogens is 317 g/mol. The predicted molar refractivity (Wildman–Crippen MR) is 82.3 cm³/mol. The van der Waals surface area contributed by atoms with Gasteiger partial charge in [0.25, 0.3) is 0 Å². The first-order valence-electron chi connectivity index (χ1n) is 5.68. The van der Waals surface area contributed by atoms with Crippen molar-refractivity contribution in [3.63, 3.8) is 0 Å². The van der Waals surface area contributed by atoms with E-state index in [2.05, 4.69) is 4.98 Å². The lowest BCUT2D eigenvalue weighted by Gasteiger charge is -2.06. The van der Waals surface area contributed by atoms with Crippen molar-refractivity contribution in [3.8, 4) is 0 Å². The third-order valence-corrected chi connectivity index (χ3v) is 4.35. The molecule has 2 aromatic carbocycles. The normalized spacial score (nSPS) is 10.9. The van der Waals surface area contributed by atoms with E-state index in [0.717, 1.165) is 16.0 Å². The molecule has 1 N–H and O–H groups in total. The van der Waals surface area contributed by atoms with Crippen molar-refractivity contribution in [2.75, 3.05) is 0 Å². The van der Waals surface area contributed by atoms with E-state index in [1.807, 2.05) is 0 Å². The van der Waals surface area contributed by atoms with Gasteiger partial charge in [0, 0.05) is 5.56 Å². The van der Waals surface area contributed by atoms with Crippen LogP contribution in [0.2, 0.25) is 10.0 Å². The lowest BCUT2D eigenvalue weighted by atomic mass is 10.0. The first-order chi connectivity index (χ1) is 9.56. The minimum absolute atomic E-state index is 0.152. The van der Waals surface area contributed by atoms with Gasteiger partial charge in [0.05, 0.1) is 25.8 Å². The Morgan fingerprint density at radius 1 is 1.10 bits per heavy atom. The van der Waals surface area contributed by atoms with Crippen molar-refractivity contribution < 1.29 is 4.79 Å². The Balaban J connectivity index is 2.15. The largest absolute Gasteiger partial charge is 0.312 e. The fourth-order valence-electron chi connectivity index (χ4n) is 1.95. The van der Waals surface area contributed by atoms with E-state index in [-0.39, 0.29) is 16.2 Å². The molecule has 0 aliphatic heterocycles. The predicted octanol–water partition coefficient (Wildman–Crippen LogP) is 4.13. The van der Waals surface area contributed by atoms with Crippen molar-refractivity contribution in [2.24, 2.45) is 0 Å². The summed E-state index contributed by atoms with van der Waals surface area (Å²) in [6.45, 7) is 0. The average Bonchev–Trinajstić information content (AvgIpc) is 2.77. The molecule has 3 rings (SSSR count). The number of aromatic amines is 1. The third-order valence-electron chi connectivity index (χ3n) is 2.87. The first kappa shape index (κ1) is 13.4. The highest BCUT2D eigenvalue weighted by Gasteiger charge is 2.17. The average molecular weight is 324 g/mol. The van der Waals surface area contributed by atoms with Gasteiger partial charge in [-0.1, -0.05) is 40.6 Å².